The van der Waals surface area contributed by atoms with Gasteiger partial charge >= 0.3 is 0 Å². The van der Waals surface area contributed by atoms with E-state index in [0.29, 0.717) is 19.1 Å². The van der Waals surface area contributed by atoms with E-state index in [2.05, 4.69) is 42.6 Å². The molecule has 0 unspecified atom stereocenters. The third-order valence-corrected chi connectivity index (χ3v) is 4.90. The lowest BCUT2D eigenvalue weighted by molar-refractivity contribution is -0.120. The van der Waals surface area contributed by atoms with Crippen LogP contribution in [0, 0.1) is 0 Å². The second-order valence-corrected chi connectivity index (χ2v) is 6.76. The number of carbonyl (C=O) groups excluding carboxylic acids is 1. The van der Waals surface area contributed by atoms with Gasteiger partial charge in [-0.25, -0.2) is 0 Å². The molecule has 1 atom stereocenters. The van der Waals surface area contributed by atoms with Gasteiger partial charge < -0.3 is 15.5 Å². The first-order chi connectivity index (χ1) is 11.8. The molecule has 2 aromatic rings. The molecule has 1 saturated heterocycles. The van der Waals surface area contributed by atoms with Crippen LogP contribution in [0.3, 0.4) is 0 Å². The number of nitrogens with zero attached hydrogens (tertiary/aromatic N) is 3. The zero-order valence-electron chi connectivity index (χ0n) is 13.6. The molecule has 0 spiro atoms. The number of aromatic nitrogens is 2. The standard InChI is InChI=1S/C17H23N5OS/c23-17(18-8-5-14-6-10-24-13-14)11-19-15-3-2-9-22(12-15)16-4-1-7-20-21-16/h1,4,6-7,10,13,15,19H,2-3,5,8-9,11-12H2,(H,18,23)/t15-/m0/s1. The van der Waals surface area contributed by atoms with Gasteiger partial charge in [-0.2, -0.15) is 16.4 Å². The summed E-state index contributed by atoms with van der Waals surface area (Å²) in [6.07, 6.45) is 4.75. The van der Waals surface area contributed by atoms with E-state index in [1.807, 2.05) is 12.1 Å². The maximum atomic E-state index is 12.0. The van der Waals surface area contributed by atoms with Crippen LogP contribution in [0.2, 0.25) is 0 Å². The molecule has 2 aromatic heterocycles. The molecular formula is C17H23N5OS. The number of thiophene rings is 1. The lowest BCUT2D eigenvalue weighted by Gasteiger charge is -2.33. The second-order valence-electron chi connectivity index (χ2n) is 5.98. The average Bonchev–Trinajstić information content (AvgIpc) is 3.14. The topological polar surface area (TPSA) is 70.2 Å². The van der Waals surface area contributed by atoms with Gasteiger partial charge in [-0.05, 0) is 53.8 Å². The number of hydrogen-bond acceptors (Lipinski definition) is 6. The van der Waals surface area contributed by atoms with Crippen LogP contribution in [0.15, 0.2) is 35.2 Å². The predicted octanol–water partition coefficient (Wildman–Crippen LogP) is 1.46. The molecule has 1 aliphatic heterocycles. The fraction of sp³-hybridized carbons (Fsp3) is 0.471. The highest BCUT2D eigenvalue weighted by Crippen LogP contribution is 2.16. The van der Waals surface area contributed by atoms with Crippen LogP contribution in [0.5, 0.6) is 0 Å². The van der Waals surface area contributed by atoms with E-state index in [9.17, 15) is 4.79 Å². The molecule has 3 rings (SSSR count). The maximum absolute atomic E-state index is 12.0. The Hall–Kier alpha value is -1.99. The highest BCUT2D eigenvalue weighted by Gasteiger charge is 2.21. The van der Waals surface area contributed by atoms with Crippen LogP contribution in [-0.4, -0.2) is 48.3 Å². The van der Waals surface area contributed by atoms with Gasteiger partial charge in [0.2, 0.25) is 5.91 Å². The summed E-state index contributed by atoms with van der Waals surface area (Å²) >= 11 is 1.69. The van der Waals surface area contributed by atoms with E-state index in [1.165, 1.54) is 5.56 Å². The van der Waals surface area contributed by atoms with Gasteiger partial charge in [0.1, 0.15) is 0 Å². The smallest absolute Gasteiger partial charge is 0.233 e. The molecule has 1 fully saturated rings. The summed E-state index contributed by atoms with van der Waals surface area (Å²) in [4.78, 5) is 14.2. The van der Waals surface area contributed by atoms with E-state index >= 15 is 0 Å². The van der Waals surface area contributed by atoms with Crippen LogP contribution in [0.1, 0.15) is 18.4 Å². The Morgan fingerprint density at radius 1 is 1.42 bits per heavy atom. The third-order valence-electron chi connectivity index (χ3n) is 4.17. The van der Waals surface area contributed by atoms with Gasteiger partial charge in [-0.3, -0.25) is 4.79 Å². The predicted molar refractivity (Wildman–Crippen MR) is 96.3 cm³/mol. The highest BCUT2D eigenvalue weighted by molar-refractivity contribution is 7.07. The summed E-state index contributed by atoms with van der Waals surface area (Å²) in [5, 5.41) is 18.6. The first kappa shape index (κ1) is 16.9. The Kier molecular flexibility index (Phi) is 6.14. The fourth-order valence-electron chi connectivity index (χ4n) is 2.89. The molecule has 0 bridgehead atoms. The van der Waals surface area contributed by atoms with Gasteiger partial charge in [-0.15, -0.1) is 5.10 Å². The van der Waals surface area contributed by atoms with Crippen LogP contribution in [0.4, 0.5) is 5.82 Å². The van der Waals surface area contributed by atoms with Gasteiger partial charge in [0.25, 0.3) is 0 Å². The normalized spacial score (nSPS) is 17.7. The molecule has 0 aliphatic carbocycles. The maximum Gasteiger partial charge on any atom is 0.233 e. The molecule has 128 valence electrons. The summed E-state index contributed by atoms with van der Waals surface area (Å²) in [7, 11) is 0. The zero-order chi connectivity index (χ0) is 16.6. The number of amides is 1. The van der Waals surface area contributed by atoms with Gasteiger partial charge in [-0.1, -0.05) is 0 Å². The highest BCUT2D eigenvalue weighted by atomic mass is 32.1. The Morgan fingerprint density at radius 2 is 2.38 bits per heavy atom. The van der Waals surface area contributed by atoms with Crippen molar-refractivity contribution in [1.29, 1.82) is 0 Å². The largest absolute Gasteiger partial charge is 0.355 e. The summed E-state index contributed by atoms with van der Waals surface area (Å²) in [5.41, 5.74) is 1.28. The number of carbonyl (C=O) groups is 1. The van der Waals surface area contributed by atoms with Gasteiger partial charge in [0.15, 0.2) is 5.82 Å². The zero-order valence-corrected chi connectivity index (χ0v) is 14.5. The summed E-state index contributed by atoms with van der Waals surface area (Å²) in [6.45, 7) is 2.90. The minimum atomic E-state index is 0.0573. The van der Waals surface area contributed by atoms with Crippen molar-refractivity contribution < 1.29 is 4.79 Å². The quantitative estimate of drug-likeness (QED) is 0.795. The Morgan fingerprint density at radius 3 is 3.17 bits per heavy atom. The SMILES string of the molecule is O=C(CN[C@H]1CCCN(c2cccnn2)C1)NCCc1ccsc1. The first-order valence-corrected chi connectivity index (χ1v) is 9.29. The monoisotopic (exact) mass is 345 g/mol. The van der Waals surface area contributed by atoms with Gasteiger partial charge in [0, 0.05) is 31.9 Å². The Bertz CT molecular complexity index is 619. The van der Waals surface area contributed by atoms with Crippen LogP contribution in [0.25, 0.3) is 0 Å². The lowest BCUT2D eigenvalue weighted by Crippen LogP contribution is -2.48. The minimum absolute atomic E-state index is 0.0573. The minimum Gasteiger partial charge on any atom is -0.355 e. The molecule has 0 radical (unpaired) electrons. The Labute approximate surface area is 146 Å². The summed E-state index contributed by atoms with van der Waals surface area (Å²) < 4.78 is 0. The van der Waals surface area contributed by atoms with Crippen molar-refractivity contribution in [2.24, 2.45) is 0 Å². The van der Waals surface area contributed by atoms with Crippen LogP contribution in [-0.2, 0) is 11.2 Å². The molecule has 1 amide bonds. The molecule has 1 aliphatic rings. The van der Waals surface area contributed by atoms with E-state index in [-0.39, 0.29) is 5.91 Å². The molecule has 7 heteroatoms. The molecule has 0 saturated carbocycles. The Balaban J connectivity index is 1.37. The summed E-state index contributed by atoms with van der Waals surface area (Å²) in [5.74, 6) is 0.964. The van der Waals surface area contributed by atoms with Crippen molar-refractivity contribution in [1.82, 2.24) is 20.8 Å². The van der Waals surface area contributed by atoms with Crippen molar-refractivity contribution in [2.75, 3.05) is 31.1 Å². The van der Waals surface area contributed by atoms with Crippen molar-refractivity contribution >= 4 is 23.1 Å². The lowest BCUT2D eigenvalue weighted by atomic mass is 10.1. The molecule has 6 nitrogen and oxygen atoms in total. The second kappa shape index (κ2) is 8.75. The number of hydrogen-bond donors (Lipinski definition) is 2. The summed E-state index contributed by atoms with van der Waals surface area (Å²) in [6, 6.07) is 6.29. The molecule has 3 heterocycles. The number of piperidine rings is 1. The number of anilines is 1. The van der Waals surface area contributed by atoms with Crippen LogP contribution < -0.4 is 15.5 Å². The third kappa shape index (κ3) is 5.01. The van der Waals surface area contributed by atoms with E-state index in [0.717, 1.165) is 38.2 Å². The first-order valence-electron chi connectivity index (χ1n) is 8.35. The van der Waals surface area contributed by atoms with E-state index < -0.39 is 0 Å². The van der Waals surface area contributed by atoms with E-state index in [1.54, 1.807) is 17.5 Å². The van der Waals surface area contributed by atoms with Gasteiger partial charge in [0.05, 0.1) is 6.54 Å². The van der Waals surface area contributed by atoms with Crippen molar-refractivity contribution in [3.8, 4) is 0 Å². The van der Waals surface area contributed by atoms with Crippen molar-refractivity contribution in [2.45, 2.75) is 25.3 Å². The number of nitrogens with one attached hydrogen (secondary N) is 2. The van der Waals surface area contributed by atoms with E-state index in [4.69, 9.17) is 0 Å². The molecule has 2 N–H and O–H groups in total. The van der Waals surface area contributed by atoms with Crippen LogP contribution >= 0.6 is 11.3 Å². The van der Waals surface area contributed by atoms with Crippen molar-refractivity contribution in [3.63, 3.8) is 0 Å². The number of rotatable bonds is 7. The molecular weight excluding hydrogens is 322 g/mol. The average molecular weight is 345 g/mol. The molecule has 24 heavy (non-hydrogen) atoms. The van der Waals surface area contributed by atoms with Crippen molar-refractivity contribution in [3.05, 3.63) is 40.7 Å². The molecule has 0 aromatic carbocycles. The fourth-order valence-corrected chi connectivity index (χ4v) is 3.60.